The Labute approximate surface area is 149 Å². The van der Waals surface area contributed by atoms with Gasteiger partial charge in [0.15, 0.2) is 0 Å². The average Bonchev–Trinajstić information content (AvgIpc) is 2.93. The molecule has 1 unspecified atom stereocenters. The van der Waals surface area contributed by atoms with Crippen molar-refractivity contribution in [3.05, 3.63) is 80.0 Å². The molecule has 0 radical (unpaired) electrons. The van der Waals surface area contributed by atoms with E-state index in [1.807, 2.05) is 43.5 Å². The molecule has 0 aliphatic heterocycles. The Balaban J connectivity index is 1.86. The molecule has 0 bridgehead atoms. The fourth-order valence-electron chi connectivity index (χ4n) is 2.71. The van der Waals surface area contributed by atoms with E-state index in [-0.39, 0.29) is 5.56 Å². The largest absolute Gasteiger partial charge is 0.322 e. The molecular weight excluding hydrogens is 342 g/mol. The standard InChI is InChI=1S/C18H18ClN3OS/c1-3-8-21(12-15-5-6-16(19)24-15)11-14-9-18(23)22-10-13(2)4-7-17(22)20-14/h3-7,9-10H,1,8,11-12H2,2H3/p+1. The summed E-state index contributed by atoms with van der Waals surface area (Å²) in [6, 6.07) is 9.43. The Bertz CT molecular complexity index is 931. The number of nitrogens with one attached hydrogen (secondary N) is 1. The number of pyridine rings is 1. The first-order valence-electron chi connectivity index (χ1n) is 7.73. The second-order valence-corrected chi connectivity index (χ2v) is 7.62. The molecule has 0 aliphatic rings. The minimum Gasteiger partial charge on any atom is -0.322 e. The van der Waals surface area contributed by atoms with Crippen LogP contribution in [-0.4, -0.2) is 15.9 Å². The van der Waals surface area contributed by atoms with Crippen LogP contribution in [0, 0.1) is 6.92 Å². The fraction of sp³-hybridized carbons (Fsp3) is 0.222. The van der Waals surface area contributed by atoms with Crippen LogP contribution < -0.4 is 10.5 Å². The molecule has 0 spiro atoms. The van der Waals surface area contributed by atoms with Crippen molar-refractivity contribution in [2.75, 3.05) is 6.54 Å². The third-order valence-corrected chi connectivity index (χ3v) is 5.01. The van der Waals surface area contributed by atoms with E-state index in [2.05, 4.69) is 11.6 Å². The van der Waals surface area contributed by atoms with Crippen LogP contribution in [0.4, 0.5) is 0 Å². The lowest BCUT2D eigenvalue weighted by Gasteiger charge is -2.17. The summed E-state index contributed by atoms with van der Waals surface area (Å²) in [5.41, 5.74) is 2.46. The summed E-state index contributed by atoms with van der Waals surface area (Å²) < 4.78 is 2.38. The topological polar surface area (TPSA) is 38.8 Å². The van der Waals surface area contributed by atoms with Crippen LogP contribution in [0.2, 0.25) is 4.34 Å². The highest BCUT2D eigenvalue weighted by molar-refractivity contribution is 7.16. The Morgan fingerprint density at radius 1 is 1.33 bits per heavy atom. The number of aromatic nitrogens is 2. The lowest BCUT2D eigenvalue weighted by atomic mass is 10.3. The molecule has 0 saturated heterocycles. The molecule has 0 saturated carbocycles. The van der Waals surface area contributed by atoms with Crippen LogP contribution in [0.25, 0.3) is 5.65 Å². The molecule has 0 aliphatic carbocycles. The monoisotopic (exact) mass is 360 g/mol. The molecule has 3 aromatic rings. The van der Waals surface area contributed by atoms with Gasteiger partial charge in [0.05, 0.1) is 15.8 Å². The van der Waals surface area contributed by atoms with E-state index in [9.17, 15) is 4.79 Å². The molecular formula is C18H19ClN3OS+. The summed E-state index contributed by atoms with van der Waals surface area (Å²) in [5.74, 6) is 0. The van der Waals surface area contributed by atoms with Crippen molar-refractivity contribution in [2.45, 2.75) is 20.0 Å². The summed E-state index contributed by atoms with van der Waals surface area (Å²) in [4.78, 5) is 19.4. The van der Waals surface area contributed by atoms with Gasteiger partial charge in [0.1, 0.15) is 24.4 Å². The van der Waals surface area contributed by atoms with Crippen LogP contribution in [0.15, 0.2) is 54.0 Å². The predicted molar refractivity (Wildman–Crippen MR) is 99.0 cm³/mol. The van der Waals surface area contributed by atoms with Gasteiger partial charge in [-0.1, -0.05) is 24.2 Å². The molecule has 0 fully saturated rings. The molecule has 4 nitrogen and oxygen atoms in total. The minimum atomic E-state index is -0.0455. The van der Waals surface area contributed by atoms with Crippen LogP contribution in [-0.2, 0) is 13.1 Å². The Morgan fingerprint density at radius 3 is 2.88 bits per heavy atom. The van der Waals surface area contributed by atoms with E-state index in [1.165, 1.54) is 9.78 Å². The third-order valence-electron chi connectivity index (χ3n) is 3.78. The molecule has 0 amide bonds. The van der Waals surface area contributed by atoms with Crippen molar-refractivity contribution in [1.82, 2.24) is 9.38 Å². The summed E-state index contributed by atoms with van der Waals surface area (Å²) >= 11 is 7.60. The van der Waals surface area contributed by atoms with Crippen LogP contribution in [0.5, 0.6) is 0 Å². The number of halogens is 1. The van der Waals surface area contributed by atoms with Gasteiger partial charge in [-0.05, 0) is 36.8 Å². The Hall–Kier alpha value is -1.95. The Kier molecular flexibility index (Phi) is 5.14. The molecule has 6 heteroatoms. The lowest BCUT2D eigenvalue weighted by molar-refractivity contribution is -0.921. The average molecular weight is 361 g/mol. The number of quaternary nitrogens is 1. The third kappa shape index (κ3) is 3.93. The fourth-order valence-corrected chi connectivity index (χ4v) is 3.87. The molecule has 1 atom stereocenters. The molecule has 3 aromatic heterocycles. The van der Waals surface area contributed by atoms with Gasteiger partial charge in [0.2, 0.25) is 0 Å². The second kappa shape index (κ2) is 7.30. The van der Waals surface area contributed by atoms with Crippen molar-refractivity contribution >= 4 is 28.6 Å². The van der Waals surface area contributed by atoms with Crippen molar-refractivity contribution in [1.29, 1.82) is 0 Å². The van der Waals surface area contributed by atoms with Crippen LogP contribution in [0.1, 0.15) is 16.1 Å². The smallest absolute Gasteiger partial charge is 0.258 e. The van der Waals surface area contributed by atoms with Crippen LogP contribution in [0.3, 0.4) is 0 Å². The normalized spacial score (nSPS) is 12.4. The molecule has 0 aromatic carbocycles. The van der Waals surface area contributed by atoms with Crippen molar-refractivity contribution in [3.63, 3.8) is 0 Å². The maximum absolute atomic E-state index is 12.3. The lowest BCUT2D eigenvalue weighted by Crippen LogP contribution is -3.09. The highest BCUT2D eigenvalue weighted by Crippen LogP contribution is 2.20. The number of thiophene rings is 1. The molecule has 3 rings (SSSR count). The zero-order valence-corrected chi connectivity index (χ0v) is 15.0. The summed E-state index contributed by atoms with van der Waals surface area (Å²) in [7, 11) is 0. The van der Waals surface area contributed by atoms with Gasteiger partial charge < -0.3 is 4.90 Å². The zero-order chi connectivity index (χ0) is 17.1. The number of hydrogen-bond donors (Lipinski definition) is 1. The first-order chi connectivity index (χ1) is 11.5. The predicted octanol–water partition coefficient (Wildman–Crippen LogP) is 2.49. The molecule has 24 heavy (non-hydrogen) atoms. The first-order valence-corrected chi connectivity index (χ1v) is 8.92. The van der Waals surface area contributed by atoms with Crippen molar-refractivity contribution in [2.24, 2.45) is 0 Å². The van der Waals surface area contributed by atoms with Gasteiger partial charge in [-0.15, -0.1) is 11.3 Å². The molecule has 124 valence electrons. The van der Waals surface area contributed by atoms with Crippen LogP contribution >= 0.6 is 22.9 Å². The minimum absolute atomic E-state index is 0.0455. The summed E-state index contributed by atoms with van der Waals surface area (Å²) in [6.45, 7) is 8.09. The number of aryl methyl sites for hydroxylation is 1. The van der Waals surface area contributed by atoms with E-state index < -0.39 is 0 Å². The summed E-state index contributed by atoms with van der Waals surface area (Å²) in [6.07, 6.45) is 3.71. The number of hydrogen-bond acceptors (Lipinski definition) is 3. The van der Waals surface area contributed by atoms with Gasteiger partial charge in [0.25, 0.3) is 5.56 Å². The maximum Gasteiger partial charge on any atom is 0.258 e. The number of nitrogens with zero attached hydrogens (tertiary/aromatic N) is 2. The highest BCUT2D eigenvalue weighted by atomic mass is 35.5. The van der Waals surface area contributed by atoms with Gasteiger partial charge in [0, 0.05) is 12.3 Å². The van der Waals surface area contributed by atoms with Gasteiger partial charge in [-0.25, -0.2) is 4.98 Å². The number of rotatable bonds is 6. The van der Waals surface area contributed by atoms with Gasteiger partial charge in [-0.3, -0.25) is 9.20 Å². The van der Waals surface area contributed by atoms with E-state index in [1.54, 1.807) is 21.8 Å². The highest BCUT2D eigenvalue weighted by Gasteiger charge is 2.13. The first kappa shape index (κ1) is 16.9. The van der Waals surface area contributed by atoms with E-state index in [4.69, 9.17) is 11.6 Å². The zero-order valence-electron chi connectivity index (χ0n) is 13.5. The van der Waals surface area contributed by atoms with E-state index in [0.29, 0.717) is 12.2 Å². The molecule has 1 N–H and O–H groups in total. The van der Waals surface area contributed by atoms with Crippen molar-refractivity contribution < 1.29 is 4.90 Å². The molecule has 3 heterocycles. The quantitative estimate of drug-likeness (QED) is 0.686. The van der Waals surface area contributed by atoms with Gasteiger partial charge >= 0.3 is 0 Å². The Morgan fingerprint density at radius 2 is 2.17 bits per heavy atom. The summed E-state index contributed by atoms with van der Waals surface area (Å²) in [5, 5.41) is 0. The van der Waals surface area contributed by atoms with Crippen molar-refractivity contribution in [3.8, 4) is 0 Å². The van der Waals surface area contributed by atoms with E-state index >= 15 is 0 Å². The van der Waals surface area contributed by atoms with E-state index in [0.717, 1.165) is 28.7 Å². The second-order valence-electron chi connectivity index (χ2n) is 5.82. The maximum atomic E-state index is 12.3. The number of fused-ring (bicyclic) bond motifs is 1. The van der Waals surface area contributed by atoms with Gasteiger partial charge in [-0.2, -0.15) is 0 Å². The SMILES string of the molecule is C=CC[NH+](Cc1cc(=O)n2cc(C)ccc2n1)Cc1ccc(Cl)s1.